The molecule has 1 saturated heterocycles. The Hall–Kier alpha value is -1.67. The average molecular weight is 310 g/mol. The lowest BCUT2D eigenvalue weighted by Gasteiger charge is -2.34. The lowest BCUT2D eigenvalue weighted by Crippen LogP contribution is -2.42. The molecule has 0 unspecified atom stereocenters. The molecular weight excluding hydrogens is 292 g/mol. The summed E-state index contributed by atoms with van der Waals surface area (Å²) in [6.45, 7) is 5.19. The number of fused-ring (bicyclic) bond motifs is 1. The Morgan fingerprint density at radius 3 is 2.57 bits per heavy atom. The van der Waals surface area contributed by atoms with E-state index in [1.165, 1.54) is 16.4 Å². The predicted octanol–water partition coefficient (Wildman–Crippen LogP) is 1.34. The van der Waals surface area contributed by atoms with Gasteiger partial charge in [0.2, 0.25) is 10.0 Å². The highest BCUT2D eigenvalue weighted by molar-refractivity contribution is 7.89. The number of sulfonamides is 1. The predicted molar refractivity (Wildman–Crippen MR) is 76.4 cm³/mol. The summed E-state index contributed by atoms with van der Waals surface area (Å²) in [5.74, 6) is 0.689. The highest BCUT2D eigenvalue weighted by atomic mass is 32.2. The third kappa shape index (κ3) is 2.49. The Morgan fingerprint density at radius 2 is 1.90 bits per heavy atom. The number of rotatable bonds is 2. The molecule has 1 aromatic carbocycles. The van der Waals surface area contributed by atoms with Crippen LogP contribution in [-0.4, -0.2) is 46.2 Å². The molecule has 1 aliphatic heterocycles. The molecular formula is C13H18N4O3S. The lowest BCUT2D eigenvalue weighted by molar-refractivity contribution is 0.154. The number of nitrogens with zero attached hydrogens (tertiary/aromatic N) is 4. The summed E-state index contributed by atoms with van der Waals surface area (Å²) in [7, 11) is -3.56. The average Bonchev–Trinajstić information content (AvgIpc) is 2.79. The van der Waals surface area contributed by atoms with Crippen LogP contribution >= 0.6 is 0 Å². The van der Waals surface area contributed by atoms with Crippen LogP contribution in [0, 0.1) is 11.8 Å². The van der Waals surface area contributed by atoms with Crippen LogP contribution in [0.3, 0.4) is 0 Å². The van der Waals surface area contributed by atoms with Crippen molar-refractivity contribution in [2.24, 2.45) is 11.8 Å². The van der Waals surface area contributed by atoms with Gasteiger partial charge in [-0.15, -0.1) is 5.10 Å². The number of aromatic nitrogens is 3. The van der Waals surface area contributed by atoms with Gasteiger partial charge in [-0.2, -0.15) is 4.31 Å². The Balaban J connectivity index is 2.01. The number of hydrogen-bond acceptors (Lipinski definition) is 5. The van der Waals surface area contributed by atoms with Crippen molar-refractivity contribution in [2.45, 2.75) is 25.2 Å². The first-order chi connectivity index (χ1) is 9.88. The first-order valence-electron chi connectivity index (χ1n) is 6.93. The van der Waals surface area contributed by atoms with Crippen LogP contribution in [0.25, 0.3) is 11.0 Å². The molecule has 2 atom stereocenters. The summed E-state index contributed by atoms with van der Waals surface area (Å²) in [6.07, 6.45) is 1.04. The van der Waals surface area contributed by atoms with Gasteiger partial charge in [0.1, 0.15) is 11.0 Å². The third-order valence-electron chi connectivity index (χ3n) is 3.87. The standard InChI is InChI=1S/C13H18N4O3S/c1-9-5-10(2)8-16(7-9)21(19,20)11-3-4-12-13(6-11)17(18)15-14-12/h3-4,6,9-10,18H,5,7-8H2,1-2H3/t9-,10-/m1/s1. The van der Waals surface area contributed by atoms with Crippen LogP contribution in [-0.2, 0) is 10.0 Å². The SMILES string of the molecule is C[C@@H]1C[C@@H](C)CN(S(=O)(=O)c2ccc3nnn(O)c3c2)C1. The van der Waals surface area contributed by atoms with Crippen LogP contribution < -0.4 is 0 Å². The largest absolute Gasteiger partial charge is 0.410 e. The van der Waals surface area contributed by atoms with Gasteiger partial charge in [-0.05, 0) is 41.7 Å². The fraction of sp³-hybridized carbons (Fsp3) is 0.538. The summed E-state index contributed by atoms with van der Waals surface area (Å²) in [5.41, 5.74) is 0.742. The smallest absolute Gasteiger partial charge is 0.243 e. The van der Waals surface area contributed by atoms with Gasteiger partial charge in [-0.1, -0.05) is 18.7 Å². The Bertz CT molecular complexity index is 761. The zero-order valence-electron chi connectivity index (χ0n) is 12.0. The van der Waals surface area contributed by atoms with E-state index in [4.69, 9.17) is 0 Å². The van der Waals surface area contributed by atoms with E-state index in [1.807, 2.05) is 0 Å². The van der Waals surface area contributed by atoms with Gasteiger partial charge < -0.3 is 5.21 Å². The van der Waals surface area contributed by atoms with Gasteiger partial charge in [0.15, 0.2) is 0 Å². The van der Waals surface area contributed by atoms with Crippen molar-refractivity contribution < 1.29 is 13.6 Å². The summed E-state index contributed by atoms with van der Waals surface area (Å²) in [4.78, 5) is 0.754. The van der Waals surface area contributed by atoms with E-state index in [9.17, 15) is 13.6 Å². The molecule has 0 saturated carbocycles. The molecule has 0 bridgehead atoms. The molecule has 3 rings (SSSR count). The third-order valence-corrected chi connectivity index (χ3v) is 5.70. The van der Waals surface area contributed by atoms with E-state index in [0.29, 0.717) is 35.3 Å². The van der Waals surface area contributed by atoms with E-state index in [0.717, 1.165) is 6.42 Å². The summed E-state index contributed by atoms with van der Waals surface area (Å²) >= 11 is 0. The van der Waals surface area contributed by atoms with Gasteiger partial charge in [-0.3, -0.25) is 0 Å². The minimum Gasteiger partial charge on any atom is -0.410 e. The second-order valence-corrected chi connectivity index (χ2v) is 7.84. The summed E-state index contributed by atoms with van der Waals surface area (Å²) in [5, 5.41) is 16.7. The van der Waals surface area contributed by atoms with E-state index < -0.39 is 10.0 Å². The molecule has 2 aromatic rings. The molecule has 21 heavy (non-hydrogen) atoms. The number of hydrogen-bond donors (Lipinski definition) is 1. The van der Waals surface area contributed by atoms with Crippen LogP contribution in [0.15, 0.2) is 23.1 Å². The van der Waals surface area contributed by atoms with Gasteiger partial charge in [0, 0.05) is 13.1 Å². The first-order valence-corrected chi connectivity index (χ1v) is 8.37. The molecule has 0 spiro atoms. The second-order valence-electron chi connectivity index (χ2n) is 5.90. The van der Waals surface area contributed by atoms with Crippen LogP contribution in [0.1, 0.15) is 20.3 Å². The number of benzene rings is 1. The van der Waals surface area contributed by atoms with Gasteiger partial charge in [-0.25, -0.2) is 8.42 Å². The van der Waals surface area contributed by atoms with Crippen molar-refractivity contribution in [3.8, 4) is 0 Å². The van der Waals surface area contributed by atoms with Crippen LogP contribution in [0.4, 0.5) is 0 Å². The van der Waals surface area contributed by atoms with E-state index in [1.54, 1.807) is 6.07 Å². The van der Waals surface area contributed by atoms with Gasteiger partial charge in [0.05, 0.1) is 4.90 Å². The maximum absolute atomic E-state index is 12.7. The molecule has 1 fully saturated rings. The van der Waals surface area contributed by atoms with Crippen LogP contribution in [0.5, 0.6) is 0 Å². The highest BCUT2D eigenvalue weighted by Gasteiger charge is 2.32. The zero-order valence-corrected chi connectivity index (χ0v) is 12.8. The Morgan fingerprint density at radius 1 is 1.24 bits per heavy atom. The molecule has 114 valence electrons. The van der Waals surface area contributed by atoms with Crippen molar-refractivity contribution >= 4 is 21.1 Å². The molecule has 0 aliphatic carbocycles. The lowest BCUT2D eigenvalue weighted by atomic mass is 9.94. The molecule has 7 nitrogen and oxygen atoms in total. The summed E-state index contributed by atoms with van der Waals surface area (Å²) < 4.78 is 27.0. The maximum atomic E-state index is 12.7. The maximum Gasteiger partial charge on any atom is 0.243 e. The second kappa shape index (κ2) is 4.96. The molecule has 8 heteroatoms. The van der Waals surface area contributed by atoms with Gasteiger partial charge in [0.25, 0.3) is 0 Å². The van der Waals surface area contributed by atoms with Gasteiger partial charge >= 0.3 is 0 Å². The monoisotopic (exact) mass is 310 g/mol. The molecule has 0 amide bonds. The van der Waals surface area contributed by atoms with E-state index >= 15 is 0 Å². The fourth-order valence-corrected chi connectivity index (χ4v) is 4.70. The van der Waals surface area contributed by atoms with Crippen molar-refractivity contribution in [3.05, 3.63) is 18.2 Å². The molecule has 1 aliphatic rings. The quantitative estimate of drug-likeness (QED) is 0.846. The Kier molecular flexibility index (Phi) is 3.37. The van der Waals surface area contributed by atoms with Crippen LogP contribution in [0.2, 0.25) is 0 Å². The van der Waals surface area contributed by atoms with Crippen molar-refractivity contribution in [3.63, 3.8) is 0 Å². The molecule has 2 heterocycles. The topological polar surface area (TPSA) is 88.3 Å². The molecule has 1 aromatic heterocycles. The minimum absolute atomic E-state index is 0.161. The number of piperidine rings is 1. The first kappa shape index (κ1) is 14.3. The van der Waals surface area contributed by atoms with Crippen molar-refractivity contribution in [1.29, 1.82) is 0 Å². The molecule has 1 N–H and O–H groups in total. The normalized spacial score (nSPS) is 24.5. The zero-order chi connectivity index (χ0) is 15.2. The fourth-order valence-electron chi connectivity index (χ4n) is 3.00. The minimum atomic E-state index is -3.56. The Labute approximate surface area is 123 Å². The molecule has 0 radical (unpaired) electrons. The van der Waals surface area contributed by atoms with Crippen molar-refractivity contribution in [2.75, 3.05) is 13.1 Å². The van der Waals surface area contributed by atoms with E-state index in [-0.39, 0.29) is 10.4 Å². The van der Waals surface area contributed by atoms with E-state index in [2.05, 4.69) is 24.2 Å². The van der Waals surface area contributed by atoms with Crippen molar-refractivity contribution in [1.82, 2.24) is 19.5 Å². The summed E-state index contributed by atoms with van der Waals surface area (Å²) in [6, 6.07) is 4.48. The highest BCUT2D eigenvalue weighted by Crippen LogP contribution is 2.27.